The topological polar surface area (TPSA) is 400 Å². The third-order valence-electron chi connectivity index (χ3n) is 9.88. The average molecular weight is 1060 g/mol. The summed E-state index contributed by atoms with van der Waals surface area (Å²) in [6.45, 7) is -1.85. The van der Waals surface area contributed by atoms with Crippen molar-refractivity contribution in [3.63, 3.8) is 0 Å². The van der Waals surface area contributed by atoms with Gasteiger partial charge in [-0.25, -0.2) is 21.6 Å². The number of thiol groups is 1. The van der Waals surface area contributed by atoms with Crippen LogP contribution < -0.4 is 14.5 Å². The molecule has 0 aromatic heterocycles. The Kier molecular flexibility index (Phi) is 14.6. The van der Waals surface area contributed by atoms with E-state index < -0.39 is 98.8 Å². The van der Waals surface area contributed by atoms with Crippen molar-refractivity contribution in [2.24, 2.45) is 35.8 Å². The molecule has 6 N–H and O–H groups in total. The van der Waals surface area contributed by atoms with E-state index in [2.05, 4.69) is 35.8 Å². The number of rotatable bonds is 18. The fourth-order valence-corrected chi connectivity index (χ4v) is 9.45. The molecule has 0 saturated carbocycles. The SMILES string of the molecule is CS(=O)(=O)c1cccc2c(S(=O)(=O)O)cc(/N=N/c3cc(OCCO)c(/N=N/c4c(S(=O)(=O)O)cc5cc(/N=N/C6C(=O)N(c7ccc([SH](=O)=O)cc7)N=C6C(=O)O)ccc5c4O)cc3OCCO)cc12. The number of carboxylic acid groups (broad SMARTS) is 1. The first-order valence-electron chi connectivity index (χ1n) is 19.8. The van der Waals surface area contributed by atoms with E-state index in [-0.39, 0.29) is 84.5 Å². The van der Waals surface area contributed by atoms with E-state index in [0.29, 0.717) is 5.01 Å². The molecular formula is C41H34N8O18S4. The maximum atomic E-state index is 13.3. The molecule has 1 heterocycles. The number of hydrogen-bond donors (Lipinski definition) is 7. The molecule has 0 radical (unpaired) electrons. The second kappa shape index (κ2) is 20.3. The second-order valence-corrected chi connectivity index (χ2v) is 20.5. The molecule has 0 aliphatic carbocycles. The number of ether oxygens (including phenoxy) is 2. The summed E-state index contributed by atoms with van der Waals surface area (Å²) in [5, 5.41) is 68.2. The highest BCUT2D eigenvalue weighted by Gasteiger charge is 2.41. The van der Waals surface area contributed by atoms with Gasteiger partial charge in [-0.15, -0.1) is 15.3 Å². The Morgan fingerprint density at radius 2 is 1.32 bits per heavy atom. The minimum atomic E-state index is -5.24. The van der Waals surface area contributed by atoms with Crippen LogP contribution in [0.1, 0.15) is 0 Å². The first-order valence-corrected chi connectivity index (χ1v) is 25.8. The molecule has 6 aromatic rings. The van der Waals surface area contributed by atoms with Crippen LogP contribution in [0, 0.1) is 0 Å². The van der Waals surface area contributed by atoms with E-state index in [0.717, 1.165) is 36.6 Å². The van der Waals surface area contributed by atoms with Crippen LogP contribution in [0.3, 0.4) is 0 Å². The van der Waals surface area contributed by atoms with E-state index >= 15 is 0 Å². The summed E-state index contributed by atoms with van der Waals surface area (Å²) in [5.41, 5.74) is -2.39. The number of aliphatic carboxylic acids is 1. The number of nitrogens with zero attached hydrogens (tertiary/aromatic N) is 8. The smallest absolute Gasteiger partial charge is 0.355 e. The molecule has 0 saturated heterocycles. The standard InChI is InChI=1S/C41H34N8O18S4/c1-69(58,59)33-4-2-3-27-28(33)17-23(18-34(27)70(60,61)62)43-44-29-19-32(67-14-12-51)30(20-31(29)66-13-11-50)45-46-36-35(71(63,64)65)16-21-15-22(5-10-26(21)39(36)52)42-47-37-38(41(54)55)48-49(40(37)53)24-6-8-25(9-7-24)68(56)57/h2-10,15-20,37,50-52,68H,11-14H2,1H3,(H,54,55)(H,60,61,62)(H,63,64,65)/b44-43+,46-45+,47-42+. The Hall–Kier alpha value is -7.71. The van der Waals surface area contributed by atoms with Gasteiger partial charge in [0.25, 0.3) is 26.1 Å². The van der Waals surface area contributed by atoms with Gasteiger partial charge < -0.3 is 29.9 Å². The van der Waals surface area contributed by atoms with Gasteiger partial charge in [0.15, 0.2) is 32.0 Å². The minimum absolute atomic E-state index is 0.0233. The van der Waals surface area contributed by atoms with Crippen LogP contribution in [0.5, 0.6) is 17.2 Å². The number of carbonyl (C=O) groups is 2. The lowest BCUT2D eigenvalue weighted by molar-refractivity contribution is -0.130. The number of phenolic OH excluding ortho intramolecular Hbond substituents is 1. The number of aliphatic hydroxyl groups is 2. The van der Waals surface area contributed by atoms with Gasteiger partial charge in [0.2, 0.25) is 6.04 Å². The number of hydrogen-bond acceptors (Lipinski definition) is 22. The van der Waals surface area contributed by atoms with Crippen molar-refractivity contribution < 1.29 is 82.3 Å². The van der Waals surface area contributed by atoms with Gasteiger partial charge in [0.05, 0.1) is 40.1 Å². The zero-order chi connectivity index (χ0) is 51.6. The number of carbonyl (C=O) groups excluding carboxylic acids is 1. The molecule has 71 heavy (non-hydrogen) atoms. The number of benzene rings is 6. The van der Waals surface area contributed by atoms with Gasteiger partial charge in [-0.1, -0.05) is 12.1 Å². The summed E-state index contributed by atoms with van der Waals surface area (Å²) < 4.78 is 130. The highest BCUT2D eigenvalue weighted by molar-refractivity contribution is 7.91. The maximum Gasteiger partial charge on any atom is 0.355 e. The first kappa shape index (κ1) is 51.1. The summed E-state index contributed by atoms with van der Waals surface area (Å²) in [6.07, 6.45) is 0.890. The van der Waals surface area contributed by atoms with Gasteiger partial charge >= 0.3 is 5.97 Å². The van der Waals surface area contributed by atoms with Crippen molar-refractivity contribution in [1.82, 2.24) is 0 Å². The van der Waals surface area contributed by atoms with Crippen molar-refractivity contribution >= 4 is 114 Å². The molecule has 26 nitrogen and oxygen atoms in total. The summed E-state index contributed by atoms with van der Waals surface area (Å²) in [4.78, 5) is 23.2. The molecule has 1 aliphatic rings. The molecule has 1 amide bonds. The van der Waals surface area contributed by atoms with E-state index in [4.69, 9.17) is 9.47 Å². The number of azo groups is 3. The Morgan fingerprint density at radius 3 is 1.89 bits per heavy atom. The van der Waals surface area contributed by atoms with Crippen LogP contribution in [0.15, 0.2) is 146 Å². The lowest BCUT2D eigenvalue weighted by Gasteiger charge is -2.13. The minimum Gasteiger partial charge on any atom is -0.505 e. The lowest BCUT2D eigenvalue weighted by atomic mass is 10.1. The number of sulfone groups is 1. The molecule has 1 atom stereocenters. The number of carboxylic acids is 1. The van der Waals surface area contributed by atoms with E-state index in [1.807, 2.05) is 0 Å². The highest BCUT2D eigenvalue weighted by atomic mass is 32.2. The van der Waals surface area contributed by atoms with Crippen molar-refractivity contribution in [1.29, 1.82) is 0 Å². The molecule has 0 fully saturated rings. The fraction of sp³-hybridized carbons (Fsp3) is 0.146. The predicted molar refractivity (Wildman–Crippen MR) is 248 cm³/mol. The Labute approximate surface area is 401 Å². The van der Waals surface area contributed by atoms with Crippen LogP contribution in [-0.2, 0) is 50.4 Å². The zero-order valence-electron chi connectivity index (χ0n) is 35.9. The normalized spacial score (nSPS) is 14.7. The van der Waals surface area contributed by atoms with Gasteiger partial charge in [-0.3, -0.25) is 13.9 Å². The average Bonchev–Trinajstić information content (AvgIpc) is 3.65. The molecule has 6 aromatic carbocycles. The Bertz CT molecular complexity index is 3730. The van der Waals surface area contributed by atoms with Crippen molar-refractivity contribution in [2.75, 3.05) is 37.7 Å². The van der Waals surface area contributed by atoms with Crippen LogP contribution in [-0.4, -0.2) is 120 Å². The largest absolute Gasteiger partial charge is 0.505 e. The van der Waals surface area contributed by atoms with Crippen LogP contribution in [0.25, 0.3) is 21.5 Å². The second-order valence-electron chi connectivity index (χ2n) is 14.7. The van der Waals surface area contributed by atoms with Crippen LogP contribution in [0.2, 0.25) is 0 Å². The number of hydrazone groups is 1. The van der Waals surface area contributed by atoms with Gasteiger partial charge in [0, 0.05) is 34.5 Å². The van der Waals surface area contributed by atoms with Crippen molar-refractivity contribution in [3.05, 3.63) is 91.0 Å². The third kappa shape index (κ3) is 11.2. The molecular weight excluding hydrogens is 1020 g/mol. The Balaban J connectivity index is 1.26. The molecule has 0 spiro atoms. The lowest BCUT2D eigenvalue weighted by Crippen LogP contribution is -2.33. The van der Waals surface area contributed by atoms with Crippen molar-refractivity contribution in [2.45, 2.75) is 25.6 Å². The highest BCUT2D eigenvalue weighted by Crippen LogP contribution is 2.46. The van der Waals surface area contributed by atoms with Crippen molar-refractivity contribution in [3.8, 4) is 17.2 Å². The summed E-state index contributed by atoms with van der Waals surface area (Å²) in [6, 6.07) is 15.6. The fourth-order valence-electron chi connectivity index (χ4n) is 6.78. The number of amides is 1. The van der Waals surface area contributed by atoms with E-state index in [1.54, 1.807) is 0 Å². The molecule has 1 aliphatic heterocycles. The first-order chi connectivity index (χ1) is 33.5. The molecule has 370 valence electrons. The van der Waals surface area contributed by atoms with Crippen LogP contribution in [0.4, 0.5) is 34.1 Å². The molecule has 7 rings (SSSR count). The zero-order valence-corrected chi connectivity index (χ0v) is 39.2. The Morgan fingerprint density at radius 1 is 0.704 bits per heavy atom. The predicted octanol–water partition coefficient (Wildman–Crippen LogP) is 5.08. The van der Waals surface area contributed by atoms with Gasteiger partial charge in [0.1, 0.15) is 51.6 Å². The summed E-state index contributed by atoms with van der Waals surface area (Å²) >= 11 is 0. The monoisotopic (exact) mass is 1050 g/mol. The number of anilines is 1. The number of fused-ring (bicyclic) bond motifs is 2. The van der Waals surface area contributed by atoms with Gasteiger partial charge in [-0.2, -0.15) is 42.3 Å². The molecule has 0 bridgehead atoms. The van der Waals surface area contributed by atoms with E-state index in [1.165, 1.54) is 60.7 Å². The quantitative estimate of drug-likeness (QED) is 0.0335. The van der Waals surface area contributed by atoms with E-state index in [9.17, 15) is 72.8 Å². The molecule has 30 heteroatoms. The van der Waals surface area contributed by atoms with Gasteiger partial charge in [-0.05, 0) is 72.1 Å². The molecule has 1 unspecified atom stereocenters. The maximum absolute atomic E-state index is 13.3. The summed E-state index contributed by atoms with van der Waals surface area (Å²) in [7, 11) is -17.1. The third-order valence-corrected chi connectivity index (χ3v) is 13.5. The summed E-state index contributed by atoms with van der Waals surface area (Å²) in [5.74, 6) is -3.91. The number of aromatic hydroxyl groups is 1. The van der Waals surface area contributed by atoms with Crippen LogP contribution >= 0.6 is 0 Å². The number of aliphatic hydroxyl groups excluding tert-OH is 2. The number of phenols is 1.